The van der Waals surface area contributed by atoms with Crippen LogP contribution in [0.5, 0.6) is 5.75 Å². The van der Waals surface area contributed by atoms with Crippen LogP contribution in [0.4, 0.5) is 4.39 Å². The van der Waals surface area contributed by atoms with E-state index in [4.69, 9.17) is 9.47 Å². The lowest BCUT2D eigenvalue weighted by Gasteiger charge is -2.12. The summed E-state index contributed by atoms with van der Waals surface area (Å²) in [4.78, 5) is 0. The van der Waals surface area contributed by atoms with Gasteiger partial charge in [0.25, 0.3) is 0 Å². The van der Waals surface area contributed by atoms with Gasteiger partial charge in [0.2, 0.25) is 0 Å². The number of hydrogen-bond donors (Lipinski definition) is 0. The van der Waals surface area contributed by atoms with Gasteiger partial charge in [-0.05, 0) is 78.8 Å². The average molecular weight is 461 g/mol. The molecule has 2 nitrogen and oxygen atoms in total. The van der Waals surface area contributed by atoms with E-state index < -0.39 is 0 Å². The predicted molar refractivity (Wildman–Crippen MR) is 143 cm³/mol. The van der Waals surface area contributed by atoms with E-state index >= 15 is 0 Å². The smallest absolute Gasteiger partial charge is 0.134 e. The van der Waals surface area contributed by atoms with E-state index in [1.54, 1.807) is 18.2 Å². The SMILES string of the molecule is C=CCOc1ccc(-c2ccc3cc(/C=C/CCCC(C)OCCCCC)ccc3c2)c(F)c1. The van der Waals surface area contributed by atoms with Crippen molar-refractivity contribution in [3.63, 3.8) is 0 Å². The van der Waals surface area contributed by atoms with Gasteiger partial charge in [-0.15, -0.1) is 0 Å². The zero-order valence-electron chi connectivity index (χ0n) is 20.6. The summed E-state index contributed by atoms with van der Waals surface area (Å²) in [6.45, 7) is 9.24. The number of benzene rings is 3. The normalized spacial score (nSPS) is 12.3. The highest BCUT2D eigenvalue weighted by molar-refractivity contribution is 5.89. The zero-order chi connectivity index (χ0) is 24.2. The summed E-state index contributed by atoms with van der Waals surface area (Å²) < 4.78 is 25.9. The van der Waals surface area contributed by atoms with Gasteiger partial charge >= 0.3 is 0 Å². The number of allylic oxidation sites excluding steroid dienone is 1. The van der Waals surface area contributed by atoms with Gasteiger partial charge in [0.1, 0.15) is 18.2 Å². The first-order chi connectivity index (χ1) is 16.6. The zero-order valence-corrected chi connectivity index (χ0v) is 20.6. The minimum Gasteiger partial charge on any atom is -0.489 e. The Hall–Kier alpha value is -2.91. The minimum atomic E-state index is -0.291. The molecule has 3 aromatic rings. The maximum absolute atomic E-state index is 14.6. The van der Waals surface area contributed by atoms with E-state index in [0.29, 0.717) is 24.0 Å². The number of unbranched alkanes of at least 4 members (excludes halogenated alkanes) is 3. The van der Waals surface area contributed by atoms with E-state index in [9.17, 15) is 4.39 Å². The van der Waals surface area contributed by atoms with Gasteiger partial charge in [0.15, 0.2) is 0 Å². The molecule has 0 amide bonds. The standard InChI is InChI=1S/C31H37FO2/c1-4-6-10-20-33-24(3)11-8-7-9-12-25-13-14-27-22-28(16-15-26(27)21-25)30-18-17-29(23-31(30)32)34-19-5-2/h5,9,12-18,21-24H,2,4,6-8,10-11,19-20H2,1,3H3/b12-9+. The van der Waals surface area contributed by atoms with Gasteiger partial charge in [-0.3, -0.25) is 0 Å². The number of hydrogen-bond acceptors (Lipinski definition) is 2. The Kier molecular flexibility index (Phi) is 10.4. The van der Waals surface area contributed by atoms with Crippen LogP contribution in [0.25, 0.3) is 28.0 Å². The molecule has 0 radical (unpaired) electrons. The van der Waals surface area contributed by atoms with Crippen molar-refractivity contribution < 1.29 is 13.9 Å². The maximum Gasteiger partial charge on any atom is 0.134 e. The molecule has 0 spiro atoms. The monoisotopic (exact) mass is 460 g/mol. The number of rotatable bonds is 14. The molecular formula is C31H37FO2. The molecule has 0 fully saturated rings. The van der Waals surface area contributed by atoms with E-state index in [1.165, 1.54) is 24.5 Å². The van der Waals surface area contributed by atoms with Gasteiger partial charge in [-0.1, -0.05) is 68.8 Å². The van der Waals surface area contributed by atoms with Crippen LogP contribution >= 0.6 is 0 Å². The molecule has 3 heteroatoms. The van der Waals surface area contributed by atoms with Crippen molar-refractivity contribution in [2.45, 2.75) is 58.5 Å². The third-order valence-corrected chi connectivity index (χ3v) is 5.93. The molecule has 0 N–H and O–H groups in total. The highest BCUT2D eigenvalue weighted by atomic mass is 19.1. The van der Waals surface area contributed by atoms with Gasteiger partial charge in [0.05, 0.1) is 6.10 Å². The molecule has 0 saturated carbocycles. The summed E-state index contributed by atoms with van der Waals surface area (Å²) in [6, 6.07) is 17.4. The van der Waals surface area contributed by atoms with E-state index in [-0.39, 0.29) is 5.82 Å². The summed E-state index contributed by atoms with van der Waals surface area (Å²) in [5, 5.41) is 2.24. The summed E-state index contributed by atoms with van der Waals surface area (Å²) in [6.07, 6.45) is 13.3. The number of halogens is 1. The summed E-state index contributed by atoms with van der Waals surface area (Å²) in [5.41, 5.74) is 2.61. The van der Waals surface area contributed by atoms with Gasteiger partial charge in [-0.2, -0.15) is 0 Å². The van der Waals surface area contributed by atoms with Gasteiger partial charge in [0, 0.05) is 18.2 Å². The van der Waals surface area contributed by atoms with Gasteiger partial charge < -0.3 is 9.47 Å². The average Bonchev–Trinajstić information content (AvgIpc) is 2.85. The van der Waals surface area contributed by atoms with E-state index in [1.807, 2.05) is 12.1 Å². The quantitative estimate of drug-likeness (QED) is 0.176. The van der Waals surface area contributed by atoms with Crippen LogP contribution in [0.1, 0.15) is 57.9 Å². The Bertz CT molecular complexity index is 1090. The molecule has 1 atom stereocenters. The summed E-state index contributed by atoms with van der Waals surface area (Å²) in [5.74, 6) is 0.216. The first-order valence-corrected chi connectivity index (χ1v) is 12.5. The van der Waals surface area contributed by atoms with Crippen LogP contribution in [0, 0.1) is 5.82 Å². The molecule has 0 aliphatic carbocycles. The van der Waals surface area contributed by atoms with Crippen LogP contribution in [0.2, 0.25) is 0 Å². The molecule has 0 aliphatic heterocycles. The van der Waals surface area contributed by atoms with Gasteiger partial charge in [-0.25, -0.2) is 4.39 Å². The fourth-order valence-corrected chi connectivity index (χ4v) is 3.97. The fraction of sp³-hybridized carbons (Fsp3) is 0.355. The Morgan fingerprint density at radius 2 is 1.79 bits per heavy atom. The third kappa shape index (κ3) is 7.85. The first-order valence-electron chi connectivity index (χ1n) is 12.5. The number of fused-ring (bicyclic) bond motifs is 1. The highest BCUT2D eigenvalue weighted by Gasteiger charge is 2.08. The molecule has 1 unspecified atom stereocenters. The second-order valence-corrected chi connectivity index (χ2v) is 8.78. The van der Waals surface area contributed by atoms with Crippen molar-refractivity contribution in [2.24, 2.45) is 0 Å². The lowest BCUT2D eigenvalue weighted by molar-refractivity contribution is 0.0566. The Morgan fingerprint density at radius 1 is 0.971 bits per heavy atom. The number of ether oxygens (including phenoxy) is 2. The van der Waals surface area contributed by atoms with Crippen molar-refractivity contribution in [1.29, 1.82) is 0 Å². The molecule has 3 aromatic carbocycles. The molecule has 180 valence electrons. The van der Waals surface area contributed by atoms with Crippen molar-refractivity contribution in [1.82, 2.24) is 0 Å². The largest absolute Gasteiger partial charge is 0.489 e. The van der Waals surface area contributed by atoms with Crippen molar-refractivity contribution in [2.75, 3.05) is 13.2 Å². The second kappa shape index (κ2) is 13.7. The van der Waals surface area contributed by atoms with Crippen LogP contribution in [0.15, 0.2) is 73.3 Å². The Balaban J connectivity index is 1.55. The van der Waals surface area contributed by atoms with Crippen molar-refractivity contribution in [3.05, 3.63) is 84.7 Å². The fourth-order valence-electron chi connectivity index (χ4n) is 3.97. The van der Waals surface area contributed by atoms with E-state index in [2.05, 4.69) is 56.8 Å². The molecule has 0 heterocycles. The topological polar surface area (TPSA) is 18.5 Å². The van der Waals surface area contributed by atoms with Crippen LogP contribution in [-0.4, -0.2) is 19.3 Å². The van der Waals surface area contributed by atoms with Crippen molar-refractivity contribution in [3.8, 4) is 16.9 Å². The van der Waals surface area contributed by atoms with Crippen molar-refractivity contribution >= 4 is 16.8 Å². The molecule has 3 rings (SSSR count). The lowest BCUT2D eigenvalue weighted by atomic mass is 9.99. The first kappa shape index (κ1) is 25.7. The maximum atomic E-state index is 14.6. The third-order valence-electron chi connectivity index (χ3n) is 5.93. The predicted octanol–water partition coefficient (Wildman–Crippen LogP) is 8.99. The molecule has 34 heavy (non-hydrogen) atoms. The lowest BCUT2D eigenvalue weighted by Crippen LogP contribution is -2.08. The minimum absolute atomic E-state index is 0.291. The molecular weight excluding hydrogens is 423 g/mol. The van der Waals surface area contributed by atoms with Crippen LogP contribution in [0.3, 0.4) is 0 Å². The van der Waals surface area contributed by atoms with Crippen LogP contribution < -0.4 is 4.74 Å². The Morgan fingerprint density at radius 3 is 2.59 bits per heavy atom. The highest BCUT2D eigenvalue weighted by Crippen LogP contribution is 2.29. The summed E-state index contributed by atoms with van der Waals surface area (Å²) >= 11 is 0. The van der Waals surface area contributed by atoms with E-state index in [0.717, 1.165) is 48.6 Å². The molecule has 0 bridgehead atoms. The molecule has 0 aliphatic rings. The molecule has 0 aromatic heterocycles. The molecule has 0 saturated heterocycles. The second-order valence-electron chi connectivity index (χ2n) is 8.78. The Labute approximate surface area is 204 Å². The summed E-state index contributed by atoms with van der Waals surface area (Å²) in [7, 11) is 0. The van der Waals surface area contributed by atoms with Crippen LogP contribution in [-0.2, 0) is 4.74 Å².